The van der Waals surface area contributed by atoms with Crippen LogP contribution in [0, 0.1) is 20.8 Å². The maximum atomic E-state index is 6.31. The molecule has 2 aromatic heterocycles. The summed E-state index contributed by atoms with van der Waals surface area (Å²) in [6.07, 6.45) is 3.92. The third-order valence-electron chi connectivity index (χ3n) is 6.09. The molecule has 0 bridgehead atoms. The zero-order valence-electron chi connectivity index (χ0n) is 18.8. The van der Waals surface area contributed by atoms with E-state index in [9.17, 15) is 0 Å². The quantitative estimate of drug-likeness (QED) is 0.338. The van der Waals surface area contributed by atoms with Crippen molar-refractivity contribution in [3.05, 3.63) is 112 Å². The lowest BCUT2D eigenvalue weighted by Crippen LogP contribution is -2.30. The molecular weight excluding hydrogens is 448 g/mol. The number of thiocarbonyl (C=S) groups is 1. The average Bonchev–Trinajstić information content (AvgIpc) is 3.40. The second kappa shape index (κ2) is 8.65. The molecule has 1 fully saturated rings. The van der Waals surface area contributed by atoms with Crippen LogP contribution in [0.2, 0.25) is 5.02 Å². The summed E-state index contributed by atoms with van der Waals surface area (Å²) in [5.41, 5.74) is 7.67. The lowest BCUT2D eigenvalue weighted by Gasteiger charge is -2.29. The van der Waals surface area contributed by atoms with Gasteiger partial charge in [0.1, 0.15) is 6.04 Å². The predicted octanol–water partition coefficient (Wildman–Crippen LogP) is 6.63. The summed E-state index contributed by atoms with van der Waals surface area (Å²) in [5.74, 6) is 0. The van der Waals surface area contributed by atoms with E-state index in [1.54, 1.807) is 0 Å². The zero-order chi connectivity index (χ0) is 23.1. The number of anilines is 1. The van der Waals surface area contributed by atoms with Gasteiger partial charge in [-0.25, -0.2) is 0 Å². The summed E-state index contributed by atoms with van der Waals surface area (Å²) in [4.78, 5) is 6.90. The van der Waals surface area contributed by atoms with Crippen LogP contribution < -0.4 is 10.2 Å². The second-order valence-corrected chi connectivity index (χ2v) is 9.37. The summed E-state index contributed by atoms with van der Waals surface area (Å²) < 4.78 is 2.22. The number of pyridine rings is 1. The molecular formula is C27H25ClN4S. The largest absolute Gasteiger partial charge is 0.351 e. The highest BCUT2D eigenvalue weighted by Gasteiger charge is 2.42. The highest BCUT2D eigenvalue weighted by Crippen LogP contribution is 2.42. The Hall–Kier alpha value is -3.15. The average molecular weight is 473 g/mol. The van der Waals surface area contributed by atoms with Crippen molar-refractivity contribution in [1.29, 1.82) is 0 Å². The SMILES string of the molecule is Cc1cc(C)cc(N2C(=S)NC(c3ccccn3)C2c2cccn2-c2ccc(Cl)c(C)c2)c1. The maximum absolute atomic E-state index is 6.31. The summed E-state index contributed by atoms with van der Waals surface area (Å²) >= 11 is 12.2. The lowest BCUT2D eigenvalue weighted by molar-refractivity contribution is 0.549. The van der Waals surface area contributed by atoms with Crippen LogP contribution in [0.5, 0.6) is 0 Å². The molecule has 1 aliphatic heterocycles. The highest BCUT2D eigenvalue weighted by atomic mass is 35.5. The summed E-state index contributed by atoms with van der Waals surface area (Å²) in [5, 5.41) is 5.01. The molecule has 4 nitrogen and oxygen atoms in total. The molecule has 4 aromatic rings. The van der Waals surface area contributed by atoms with Crippen molar-refractivity contribution in [2.24, 2.45) is 0 Å². The molecule has 0 spiro atoms. The van der Waals surface area contributed by atoms with E-state index in [2.05, 4.69) is 88.3 Å². The van der Waals surface area contributed by atoms with E-state index in [0.717, 1.165) is 33.3 Å². The molecule has 1 saturated heterocycles. The van der Waals surface area contributed by atoms with Crippen LogP contribution in [0.25, 0.3) is 5.69 Å². The zero-order valence-corrected chi connectivity index (χ0v) is 20.4. The number of hydrogen-bond donors (Lipinski definition) is 1. The van der Waals surface area contributed by atoms with Gasteiger partial charge in [-0.3, -0.25) is 4.98 Å². The van der Waals surface area contributed by atoms with E-state index < -0.39 is 0 Å². The van der Waals surface area contributed by atoms with Crippen molar-refractivity contribution in [2.45, 2.75) is 32.9 Å². The number of hydrogen-bond acceptors (Lipinski definition) is 2. The molecule has 2 atom stereocenters. The summed E-state index contributed by atoms with van der Waals surface area (Å²) in [6, 6.07) is 22.7. The molecule has 1 N–H and O–H groups in total. The van der Waals surface area contributed by atoms with Gasteiger partial charge in [0.25, 0.3) is 0 Å². The van der Waals surface area contributed by atoms with Gasteiger partial charge < -0.3 is 14.8 Å². The van der Waals surface area contributed by atoms with Gasteiger partial charge in [0.05, 0.1) is 11.7 Å². The molecule has 0 amide bonds. The van der Waals surface area contributed by atoms with E-state index >= 15 is 0 Å². The maximum Gasteiger partial charge on any atom is 0.174 e. The van der Waals surface area contributed by atoms with E-state index in [4.69, 9.17) is 23.8 Å². The van der Waals surface area contributed by atoms with Crippen LogP contribution >= 0.6 is 23.8 Å². The molecule has 0 saturated carbocycles. The number of nitrogens with one attached hydrogen (secondary N) is 1. The number of halogens is 1. The van der Waals surface area contributed by atoms with Crippen molar-refractivity contribution in [2.75, 3.05) is 4.90 Å². The Morgan fingerprint density at radius 3 is 2.39 bits per heavy atom. The molecule has 6 heteroatoms. The Morgan fingerprint density at radius 1 is 0.909 bits per heavy atom. The number of aromatic nitrogens is 2. The topological polar surface area (TPSA) is 33.1 Å². The molecule has 0 radical (unpaired) electrons. The fourth-order valence-electron chi connectivity index (χ4n) is 4.67. The highest BCUT2D eigenvalue weighted by molar-refractivity contribution is 7.80. The monoisotopic (exact) mass is 472 g/mol. The first-order valence-corrected chi connectivity index (χ1v) is 11.7. The standard InChI is InChI=1S/C27H25ClN4S/c1-17-13-18(2)15-21(14-17)32-26(25(30-27(32)33)23-7-4-5-11-29-23)24-8-6-12-31(24)20-9-10-22(28)19(3)16-20/h4-16,25-26H,1-3H3,(H,30,33). The van der Waals surface area contributed by atoms with Crippen molar-refractivity contribution in [3.8, 4) is 5.69 Å². The van der Waals surface area contributed by atoms with Crippen LogP contribution in [-0.2, 0) is 0 Å². The van der Waals surface area contributed by atoms with Gasteiger partial charge in [-0.1, -0.05) is 23.7 Å². The van der Waals surface area contributed by atoms with Gasteiger partial charge >= 0.3 is 0 Å². The molecule has 3 heterocycles. The van der Waals surface area contributed by atoms with E-state index in [-0.39, 0.29) is 12.1 Å². The Labute approximate surface area is 204 Å². The Bertz CT molecular complexity index is 1310. The van der Waals surface area contributed by atoms with Crippen LogP contribution in [0.1, 0.15) is 40.2 Å². The van der Waals surface area contributed by atoms with Gasteiger partial charge in [-0.05, 0) is 104 Å². The Balaban J connectivity index is 1.69. The van der Waals surface area contributed by atoms with E-state index in [1.807, 2.05) is 31.3 Å². The molecule has 33 heavy (non-hydrogen) atoms. The minimum absolute atomic E-state index is 0.0837. The fourth-order valence-corrected chi connectivity index (χ4v) is 5.14. The molecule has 5 rings (SSSR count). The second-order valence-electron chi connectivity index (χ2n) is 8.58. The van der Waals surface area contributed by atoms with Crippen molar-refractivity contribution in [3.63, 3.8) is 0 Å². The minimum atomic E-state index is -0.0958. The van der Waals surface area contributed by atoms with Gasteiger partial charge in [0.15, 0.2) is 5.11 Å². The van der Waals surface area contributed by atoms with Crippen LogP contribution in [0.4, 0.5) is 5.69 Å². The van der Waals surface area contributed by atoms with E-state index in [1.165, 1.54) is 11.1 Å². The van der Waals surface area contributed by atoms with Gasteiger partial charge in [0, 0.05) is 34.5 Å². The molecule has 1 aliphatic rings. The smallest absolute Gasteiger partial charge is 0.174 e. The third kappa shape index (κ3) is 4.03. The molecule has 2 unspecified atom stereocenters. The summed E-state index contributed by atoms with van der Waals surface area (Å²) in [7, 11) is 0. The van der Waals surface area contributed by atoms with Gasteiger partial charge in [-0.15, -0.1) is 0 Å². The van der Waals surface area contributed by atoms with Crippen LogP contribution in [0.15, 0.2) is 79.1 Å². The third-order valence-corrected chi connectivity index (χ3v) is 6.82. The number of rotatable bonds is 4. The van der Waals surface area contributed by atoms with Crippen molar-refractivity contribution >= 4 is 34.6 Å². The first-order valence-electron chi connectivity index (χ1n) is 10.9. The van der Waals surface area contributed by atoms with E-state index in [0.29, 0.717) is 5.11 Å². The van der Waals surface area contributed by atoms with Crippen molar-refractivity contribution in [1.82, 2.24) is 14.9 Å². The predicted molar refractivity (Wildman–Crippen MR) is 139 cm³/mol. The fraction of sp³-hybridized carbons (Fsp3) is 0.185. The van der Waals surface area contributed by atoms with Crippen molar-refractivity contribution < 1.29 is 0 Å². The number of benzene rings is 2. The normalized spacial score (nSPS) is 17.9. The number of nitrogens with zero attached hydrogens (tertiary/aromatic N) is 3. The van der Waals surface area contributed by atoms with Gasteiger partial charge in [0.2, 0.25) is 0 Å². The van der Waals surface area contributed by atoms with Gasteiger partial charge in [-0.2, -0.15) is 0 Å². The van der Waals surface area contributed by atoms with Crippen LogP contribution in [-0.4, -0.2) is 14.7 Å². The molecule has 2 aromatic carbocycles. The van der Waals surface area contributed by atoms with Crippen LogP contribution in [0.3, 0.4) is 0 Å². The summed E-state index contributed by atoms with van der Waals surface area (Å²) in [6.45, 7) is 6.26. The first kappa shape index (κ1) is 21.7. The lowest BCUT2D eigenvalue weighted by atomic mass is 10.00. The minimum Gasteiger partial charge on any atom is -0.351 e. The molecule has 166 valence electrons. The number of aryl methyl sites for hydroxylation is 3. The first-order chi connectivity index (χ1) is 15.9. The Kier molecular flexibility index (Phi) is 5.69. The Morgan fingerprint density at radius 2 is 1.70 bits per heavy atom. The molecule has 0 aliphatic carbocycles.